The second-order valence-corrected chi connectivity index (χ2v) is 14.3. The molecule has 13 heteroatoms. The van der Waals surface area contributed by atoms with E-state index in [0.717, 1.165) is 24.3 Å². The molecular weight excluding hydrogens is 662 g/mol. The molecule has 0 radical (unpaired) electrons. The number of carbonyl (C=O) groups is 2. The van der Waals surface area contributed by atoms with Crippen molar-refractivity contribution in [3.05, 3.63) is 119 Å². The van der Waals surface area contributed by atoms with Crippen LogP contribution in [0.3, 0.4) is 0 Å². The first kappa shape index (κ1) is 35.3. The fourth-order valence-corrected chi connectivity index (χ4v) is 8.09. The Labute approximate surface area is 280 Å². The Balaban J connectivity index is 1.47. The number of hydrogen-bond acceptors (Lipinski definition) is 6. The van der Waals surface area contributed by atoms with Crippen molar-refractivity contribution in [3.8, 4) is 17.2 Å². The van der Waals surface area contributed by atoms with Crippen molar-refractivity contribution in [2.45, 2.75) is 54.0 Å². The molecule has 1 aliphatic rings. The number of alkyl halides is 3. The van der Waals surface area contributed by atoms with E-state index in [1.54, 1.807) is 48.5 Å². The van der Waals surface area contributed by atoms with Gasteiger partial charge in [0.1, 0.15) is 11.4 Å². The van der Waals surface area contributed by atoms with Crippen molar-refractivity contribution in [2.24, 2.45) is 11.7 Å². The number of amides is 2. The number of primary amides is 1. The number of halogens is 4. The number of anilines is 1. The SMILES string of the molecule is N#Cc1ccc(NC(=O)C(O)(Cc2cccc(-c3cccc(C(N)=O)c3)c2)C2CCC(S(=O)(=O)c3ccc(F)cc3)CC2)cc1C(F)(F)F. The molecule has 0 bridgehead atoms. The van der Waals surface area contributed by atoms with Crippen LogP contribution in [-0.4, -0.2) is 36.2 Å². The Morgan fingerprint density at radius 1 is 0.898 bits per heavy atom. The van der Waals surface area contributed by atoms with Crippen molar-refractivity contribution >= 4 is 27.3 Å². The topological polar surface area (TPSA) is 150 Å². The van der Waals surface area contributed by atoms with Gasteiger partial charge in [0.25, 0.3) is 5.91 Å². The molecular formula is C36H31F4N3O5S. The summed E-state index contributed by atoms with van der Waals surface area (Å²) in [5.41, 5.74) is 3.05. The van der Waals surface area contributed by atoms with Gasteiger partial charge in [0.05, 0.1) is 27.3 Å². The van der Waals surface area contributed by atoms with Crippen molar-refractivity contribution in [1.29, 1.82) is 5.26 Å². The van der Waals surface area contributed by atoms with Crippen molar-refractivity contribution in [1.82, 2.24) is 0 Å². The van der Waals surface area contributed by atoms with Gasteiger partial charge in [-0.2, -0.15) is 18.4 Å². The predicted octanol–water partition coefficient (Wildman–Crippen LogP) is 6.43. The Morgan fingerprint density at radius 3 is 2.14 bits per heavy atom. The second kappa shape index (κ2) is 13.8. The zero-order valence-electron chi connectivity index (χ0n) is 25.9. The van der Waals surface area contributed by atoms with Crippen LogP contribution in [0.2, 0.25) is 0 Å². The third kappa shape index (κ3) is 7.66. The number of benzene rings is 4. The number of nitrogens with one attached hydrogen (secondary N) is 1. The van der Waals surface area contributed by atoms with Crippen LogP contribution in [0.4, 0.5) is 23.2 Å². The van der Waals surface area contributed by atoms with E-state index >= 15 is 0 Å². The summed E-state index contributed by atoms with van der Waals surface area (Å²) >= 11 is 0. The van der Waals surface area contributed by atoms with Crippen molar-refractivity contribution in [2.75, 3.05) is 5.32 Å². The van der Waals surface area contributed by atoms with Gasteiger partial charge in [0.2, 0.25) is 5.91 Å². The normalized spacial score (nSPS) is 17.8. The zero-order chi connectivity index (χ0) is 35.6. The van der Waals surface area contributed by atoms with Crippen molar-refractivity contribution in [3.63, 3.8) is 0 Å². The number of nitrogens with two attached hydrogens (primary N) is 1. The smallest absolute Gasteiger partial charge is 0.379 e. The van der Waals surface area contributed by atoms with Gasteiger partial charge in [-0.15, -0.1) is 0 Å². The molecule has 1 atom stereocenters. The highest BCUT2D eigenvalue weighted by atomic mass is 32.2. The van der Waals surface area contributed by atoms with Crippen LogP contribution >= 0.6 is 0 Å². The van der Waals surface area contributed by atoms with E-state index in [-0.39, 0.29) is 48.3 Å². The molecule has 4 N–H and O–H groups in total. The van der Waals surface area contributed by atoms with E-state index in [1.165, 1.54) is 18.2 Å². The van der Waals surface area contributed by atoms with Crippen LogP contribution in [0.25, 0.3) is 11.1 Å². The maximum atomic E-state index is 13.9. The minimum absolute atomic E-state index is 0.0520. The molecule has 1 unspecified atom stereocenters. The molecule has 254 valence electrons. The molecule has 2 amide bonds. The highest BCUT2D eigenvalue weighted by Gasteiger charge is 2.47. The Morgan fingerprint density at radius 2 is 1.53 bits per heavy atom. The van der Waals surface area contributed by atoms with Crippen molar-refractivity contribution < 1.29 is 40.7 Å². The fourth-order valence-electron chi connectivity index (χ4n) is 6.29. The molecule has 0 spiro atoms. The minimum Gasteiger partial charge on any atom is -0.379 e. The lowest BCUT2D eigenvalue weighted by Crippen LogP contribution is -2.52. The van der Waals surface area contributed by atoms with Gasteiger partial charge >= 0.3 is 6.18 Å². The highest BCUT2D eigenvalue weighted by Crippen LogP contribution is 2.40. The summed E-state index contributed by atoms with van der Waals surface area (Å²) < 4.78 is 81.1. The number of nitriles is 1. The monoisotopic (exact) mass is 693 g/mol. The quantitative estimate of drug-likeness (QED) is 0.136. The minimum atomic E-state index is -4.89. The summed E-state index contributed by atoms with van der Waals surface area (Å²) in [5.74, 6) is -3.03. The summed E-state index contributed by atoms with van der Waals surface area (Å²) in [6, 6.07) is 22.0. The first-order chi connectivity index (χ1) is 23.1. The first-order valence-corrected chi connectivity index (χ1v) is 16.8. The summed E-state index contributed by atoms with van der Waals surface area (Å²) in [4.78, 5) is 25.6. The molecule has 4 aromatic rings. The highest BCUT2D eigenvalue weighted by molar-refractivity contribution is 7.92. The summed E-state index contributed by atoms with van der Waals surface area (Å²) in [6.45, 7) is 0. The van der Waals surface area contributed by atoms with Gasteiger partial charge in [-0.1, -0.05) is 36.4 Å². The number of nitrogens with zero attached hydrogens (tertiary/aromatic N) is 1. The number of rotatable bonds is 9. The van der Waals surface area contributed by atoms with E-state index < -0.39 is 61.5 Å². The first-order valence-electron chi connectivity index (χ1n) is 15.3. The van der Waals surface area contributed by atoms with Crippen LogP contribution in [-0.2, 0) is 27.2 Å². The number of aliphatic hydroxyl groups is 1. The Bertz CT molecular complexity index is 2040. The van der Waals surface area contributed by atoms with E-state index in [2.05, 4.69) is 5.32 Å². The maximum Gasteiger partial charge on any atom is 0.417 e. The molecule has 8 nitrogen and oxygen atoms in total. The number of carbonyl (C=O) groups excluding carboxylic acids is 2. The molecule has 1 fully saturated rings. The van der Waals surface area contributed by atoms with Crippen LogP contribution < -0.4 is 11.1 Å². The molecule has 1 saturated carbocycles. The van der Waals surface area contributed by atoms with Crippen LogP contribution in [0, 0.1) is 23.1 Å². The number of hydrogen-bond donors (Lipinski definition) is 3. The second-order valence-electron chi connectivity index (χ2n) is 12.0. The molecule has 0 saturated heterocycles. The molecule has 49 heavy (non-hydrogen) atoms. The molecule has 0 aromatic heterocycles. The molecule has 5 rings (SSSR count). The van der Waals surface area contributed by atoms with E-state index in [4.69, 9.17) is 11.0 Å². The summed E-state index contributed by atoms with van der Waals surface area (Å²) in [7, 11) is -3.86. The van der Waals surface area contributed by atoms with E-state index in [0.29, 0.717) is 22.8 Å². The predicted molar refractivity (Wildman–Crippen MR) is 173 cm³/mol. The molecule has 4 aromatic carbocycles. The Kier molecular flexibility index (Phi) is 9.94. The van der Waals surface area contributed by atoms with Gasteiger partial charge in [-0.05, 0) is 103 Å². The number of sulfone groups is 1. The van der Waals surface area contributed by atoms with Gasteiger partial charge in [-0.3, -0.25) is 9.59 Å². The van der Waals surface area contributed by atoms with E-state index in [9.17, 15) is 40.7 Å². The standard InChI is InChI=1S/C36H31F4N3O5S/c37-28-10-15-31(16-11-28)49(47,48)30-13-8-27(9-14-30)35(46,34(45)43-29-12-7-26(21-41)32(19-29)36(38,39)40)20-22-3-1-4-23(17-22)24-5-2-6-25(18-24)33(42)44/h1-7,10-12,15-19,27,30,46H,8-9,13-14,20H2,(H2,42,44)(H,43,45). The van der Waals surface area contributed by atoms with Crippen LogP contribution in [0.5, 0.6) is 0 Å². The lowest BCUT2D eigenvalue weighted by atomic mass is 9.73. The Hall–Kier alpha value is -5.06. The van der Waals surface area contributed by atoms with Crippen LogP contribution in [0.15, 0.2) is 95.9 Å². The maximum absolute atomic E-state index is 13.9. The summed E-state index contributed by atoms with van der Waals surface area (Å²) in [5, 5.41) is 22.9. The third-order valence-electron chi connectivity index (χ3n) is 8.91. The van der Waals surface area contributed by atoms with Gasteiger partial charge in [0, 0.05) is 17.7 Å². The average Bonchev–Trinajstić information content (AvgIpc) is 3.08. The fraction of sp³-hybridized carbons (Fsp3) is 0.250. The average molecular weight is 694 g/mol. The summed E-state index contributed by atoms with van der Waals surface area (Å²) in [6.07, 6.45) is -4.88. The van der Waals surface area contributed by atoms with Gasteiger partial charge in [0.15, 0.2) is 9.84 Å². The molecule has 1 aliphatic carbocycles. The van der Waals surface area contributed by atoms with Gasteiger partial charge < -0.3 is 16.2 Å². The lowest BCUT2D eigenvalue weighted by Gasteiger charge is -2.39. The van der Waals surface area contributed by atoms with Crippen LogP contribution in [0.1, 0.15) is 52.7 Å². The molecule has 0 heterocycles. The molecule has 0 aliphatic heterocycles. The van der Waals surface area contributed by atoms with E-state index in [1.807, 2.05) is 0 Å². The van der Waals surface area contributed by atoms with Gasteiger partial charge in [-0.25, -0.2) is 12.8 Å². The lowest BCUT2D eigenvalue weighted by molar-refractivity contribution is -0.142. The zero-order valence-corrected chi connectivity index (χ0v) is 26.7. The third-order valence-corrected chi connectivity index (χ3v) is 11.2. The largest absolute Gasteiger partial charge is 0.417 e.